The summed E-state index contributed by atoms with van der Waals surface area (Å²) >= 11 is 0. The molecule has 0 amide bonds. The van der Waals surface area contributed by atoms with Gasteiger partial charge in [0, 0.05) is 31.0 Å². The van der Waals surface area contributed by atoms with Gasteiger partial charge in [-0.15, -0.1) is 0 Å². The van der Waals surface area contributed by atoms with Gasteiger partial charge in [0.2, 0.25) is 0 Å². The highest BCUT2D eigenvalue weighted by molar-refractivity contribution is 5.54. The summed E-state index contributed by atoms with van der Waals surface area (Å²) in [5.74, 6) is 0. The number of imidazole rings is 1. The Bertz CT molecular complexity index is 767. The highest BCUT2D eigenvalue weighted by atomic mass is 15.2. The van der Waals surface area contributed by atoms with E-state index in [0.717, 1.165) is 31.7 Å². The first-order valence-corrected chi connectivity index (χ1v) is 8.46. The lowest BCUT2D eigenvalue weighted by Gasteiger charge is -2.27. The number of hydrogen-bond acceptors (Lipinski definition) is 3. The lowest BCUT2D eigenvalue weighted by atomic mass is 10.1. The number of anilines is 1. The highest BCUT2D eigenvalue weighted by Gasteiger charge is 2.21. The number of fused-ring (bicyclic) bond motifs is 1. The molecule has 1 aliphatic heterocycles. The summed E-state index contributed by atoms with van der Waals surface area (Å²) in [6, 6.07) is 19.8. The molecular formula is C20H22N4. The third kappa shape index (κ3) is 3.34. The third-order valence-electron chi connectivity index (χ3n) is 4.60. The second-order valence-electron chi connectivity index (χ2n) is 6.35. The molecule has 4 rings (SSSR count). The van der Waals surface area contributed by atoms with Crippen molar-refractivity contribution in [2.45, 2.75) is 25.6 Å². The molecule has 2 aromatic carbocycles. The fraction of sp³-hybridized carbons (Fsp3) is 0.250. The smallest absolute Gasteiger partial charge is 0.0922 e. The molecule has 0 radical (unpaired) electrons. The zero-order valence-corrected chi connectivity index (χ0v) is 13.7. The minimum atomic E-state index is 0.419. The summed E-state index contributed by atoms with van der Waals surface area (Å²) in [5, 5.41) is 3.73. The first kappa shape index (κ1) is 15.0. The average molecular weight is 318 g/mol. The molecule has 122 valence electrons. The van der Waals surface area contributed by atoms with Crippen molar-refractivity contribution in [1.29, 1.82) is 0 Å². The monoisotopic (exact) mass is 318 g/mol. The van der Waals surface area contributed by atoms with E-state index in [9.17, 15) is 0 Å². The Kier molecular flexibility index (Phi) is 4.30. The first-order valence-electron chi connectivity index (χ1n) is 8.46. The van der Waals surface area contributed by atoms with Crippen molar-refractivity contribution >= 4 is 5.69 Å². The third-order valence-corrected chi connectivity index (χ3v) is 4.60. The topological polar surface area (TPSA) is 44.0 Å². The van der Waals surface area contributed by atoms with Crippen LogP contribution in [0.1, 0.15) is 16.8 Å². The number of nitrogens with one attached hydrogen (secondary N) is 2. The lowest BCUT2D eigenvalue weighted by Crippen LogP contribution is -2.39. The molecule has 0 spiro atoms. The number of nitrogens with zero attached hydrogens (tertiary/aromatic N) is 2. The molecule has 0 bridgehead atoms. The zero-order valence-electron chi connectivity index (χ0n) is 13.7. The average Bonchev–Trinajstić information content (AvgIpc) is 3.07. The first-order chi connectivity index (χ1) is 11.9. The fourth-order valence-electron chi connectivity index (χ4n) is 3.41. The fourth-order valence-corrected chi connectivity index (χ4v) is 3.41. The van der Waals surface area contributed by atoms with Crippen LogP contribution in [0.2, 0.25) is 0 Å². The normalized spacial score (nSPS) is 17.3. The largest absolute Gasteiger partial charge is 0.364 e. The van der Waals surface area contributed by atoms with Crippen molar-refractivity contribution < 1.29 is 0 Å². The maximum atomic E-state index is 4.16. The number of H-pyrrole nitrogens is 1. The van der Waals surface area contributed by atoms with Crippen LogP contribution in [0.4, 0.5) is 5.69 Å². The van der Waals surface area contributed by atoms with Gasteiger partial charge in [-0.2, -0.15) is 0 Å². The molecule has 24 heavy (non-hydrogen) atoms. The summed E-state index contributed by atoms with van der Waals surface area (Å²) in [7, 11) is 0. The van der Waals surface area contributed by atoms with Crippen molar-refractivity contribution in [3.05, 3.63) is 83.9 Å². The van der Waals surface area contributed by atoms with E-state index < -0.39 is 0 Å². The Labute approximate surface area is 142 Å². The Balaban J connectivity index is 1.58. The summed E-state index contributed by atoms with van der Waals surface area (Å²) < 4.78 is 0. The van der Waals surface area contributed by atoms with Gasteiger partial charge in [0.1, 0.15) is 0 Å². The Morgan fingerprint density at radius 1 is 1.04 bits per heavy atom. The molecule has 1 aromatic heterocycles. The maximum Gasteiger partial charge on any atom is 0.0922 e. The summed E-state index contributed by atoms with van der Waals surface area (Å²) in [6.07, 6.45) is 4.69. The zero-order chi connectivity index (χ0) is 16.2. The van der Waals surface area contributed by atoms with E-state index in [1.165, 1.54) is 16.8 Å². The van der Waals surface area contributed by atoms with Gasteiger partial charge in [-0.25, -0.2) is 4.98 Å². The number of rotatable bonds is 4. The van der Waals surface area contributed by atoms with Crippen LogP contribution in [0.5, 0.6) is 0 Å². The van der Waals surface area contributed by atoms with Gasteiger partial charge in [0.15, 0.2) is 0 Å². The molecule has 0 saturated heterocycles. The second kappa shape index (κ2) is 6.89. The van der Waals surface area contributed by atoms with Crippen LogP contribution in [0.3, 0.4) is 0 Å². The lowest BCUT2D eigenvalue weighted by molar-refractivity contribution is 0.511. The highest BCUT2D eigenvalue weighted by Crippen LogP contribution is 2.25. The van der Waals surface area contributed by atoms with E-state index in [-0.39, 0.29) is 0 Å². The molecule has 2 N–H and O–H groups in total. The molecular weight excluding hydrogens is 296 g/mol. The quantitative estimate of drug-likeness (QED) is 0.777. The molecule has 4 heteroatoms. The number of hydrogen-bond donors (Lipinski definition) is 2. The van der Waals surface area contributed by atoms with Gasteiger partial charge in [-0.05, 0) is 23.6 Å². The molecule has 3 aromatic rings. The van der Waals surface area contributed by atoms with Crippen molar-refractivity contribution in [3.8, 4) is 0 Å². The second-order valence-corrected chi connectivity index (χ2v) is 6.35. The van der Waals surface area contributed by atoms with Gasteiger partial charge < -0.3 is 15.2 Å². The van der Waals surface area contributed by atoms with Gasteiger partial charge in [-0.1, -0.05) is 48.5 Å². The van der Waals surface area contributed by atoms with E-state index in [1.54, 1.807) is 6.33 Å². The molecule has 1 aliphatic rings. The van der Waals surface area contributed by atoms with Gasteiger partial charge in [0.25, 0.3) is 0 Å². The number of aromatic nitrogens is 2. The van der Waals surface area contributed by atoms with Crippen molar-refractivity contribution in [3.63, 3.8) is 0 Å². The maximum absolute atomic E-state index is 4.16. The Morgan fingerprint density at radius 2 is 1.88 bits per heavy atom. The number of benzene rings is 2. The standard InChI is InChI=1S/C20H22N4/c1-2-6-16(7-3-1)10-18-13-24(14-19-12-21-15-23-19)20-9-5-4-8-17(20)11-22-18/h1-9,12,15,18,22H,10-11,13-14H2,(H,21,23). The predicted octanol–water partition coefficient (Wildman–Crippen LogP) is 3.13. The Morgan fingerprint density at radius 3 is 2.71 bits per heavy atom. The summed E-state index contributed by atoms with van der Waals surface area (Å²) in [4.78, 5) is 9.84. The number of aromatic amines is 1. The van der Waals surface area contributed by atoms with E-state index in [1.807, 2.05) is 6.20 Å². The summed E-state index contributed by atoms with van der Waals surface area (Å²) in [6.45, 7) is 2.74. The minimum Gasteiger partial charge on any atom is -0.364 e. The number of para-hydroxylation sites is 1. The van der Waals surface area contributed by atoms with E-state index in [2.05, 4.69) is 74.8 Å². The van der Waals surface area contributed by atoms with Crippen LogP contribution in [-0.2, 0) is 19.5 Å². The van der Waals surface area contributed by atoms with E-state index >= 15 is 0 Å². The van der Waals surface area contributed by atoms with Crippen molar-refractivity contribution in [2.24, 2.45) is 0 Å². The molecule has 1 unspecified atom stereocenters. The molecule has 4 nitrogen and oxygen atoms in total. The van der Waals surface area contributed by atoms with Gasteiger partial charge in [0.05, 0.1) is 18.6 Å². The molecule has 0 fully saturated rings. The minimum absolute atomic E-state index is 0.419. The summed E-state index contributed by atoms with van der Waals surface area (Å²) in [5.41, 5.74) is 5.19. The van der Waals surface area contributed by atoms with Crippen LogP contribution in [0, 0.1) is 0 Å². The Hall–Kier alpha value is -2.59. The van der Waals surface area contributed by atoms with Gasteiger partial charge >= 0.3 is 0 Å². The molecule has 1 atom stereocenters. The van der Waals surface area contributed by atoms with Crippen molar-refractivity contribution in [1.82, 2.24) is 15.3 Å². The molecule has 0 aliphatic carbocycles. The van der Waals surface area contributed by atoms with Gasteiger partial charge in [-0.3, -0.25) is 0 Å². The van der Waals surface area contributed by atoms with E-state index in [0.29, 0.717) is 6.04 Å². The SMILES string of the molecule is c1ccc(CC2CN(Cc3cnc[nH]3)c3ccccc3CN2)cc1. The van der Waals surface area contributed by atoms with Crippen LogP contribution in [0.15, 0.2) is 67.1 Å². The predicted molar refractivity (Wildman–Crippen MR) is 96.9 cm³/mol. The van der Waals surface area contributed by atoms with Crippen LogP contribution in [0.25, 0.3) is 0 Å². The van der Waals surface area contributed by atoms with Crippen LogP contribution in [-0.4, -0.2) is 22.6 Å². The van der Waals surface area contributed by atoms with E-state index in [4.69, 9.17) is 0 Å². The van der Waals surface area contributed by atoms with Crippen molar-refractivity contribution in [2.75, 3.05) is 11.4 Å². The molecule has 2 heterocycles. The van der Waals surface area contributed by atoms with Crippen LogP contribution < -0.4 is 10.2 Å². The van der Waals surface area contributed by atoms with Crippen LogP contribution >= 0.6 is 0 Å². The molecule has 0 saturated carbocycles.